The van der Waals surface area contributed by atoms with Gasteiger partial charge in [-0.15, -0.1) is 11.3 Å². The summed E-state index contributed by atoms with van der Waals surface area (Å²) in [6, 6.07) is 10.0. The molecule has 0 fully saturated rings. The van der Waals surface area contributed by atoms with Crippen LogP contribution in [0.25, 0.3) is 11.3 Å². The normalized spacial score (nSPS) is 10.8. The highest BCUT2D eigenvalue weighted by Crippen LogP contribution is 2.26. The van der Waals surface area contributed by atoms with Crippen LogP contribution in [0.4, 0.5) is 0 Å². The largest absolute Gasteiger partial charge is 0.246 e. The van der Waals surface area contributed by atoms with Gasteiger partial charge in [0.1, 0.15) is 16.0 Å². The average molecular weight is 316 g/mol. The highest BCUT2D eigenvalue weighted by Gasteiger charge is 2.12. The lowest BCUT2D eigenvalue weighted by molar-refractivity contribution is 0.946. The van der Waals surface area contributed by atoms with E-state index in [9.17, 15) is 0 Å². The maximum Gasteiger partial charge on any atom is 0.137 e. The van der Waals surface area contributed by atoms with E-state index in [1.165, 1.54) is 0 Å². The van der Waals surface area contributed by atoms with Gasteiger partial charge in [-0.2, -0.15) is 0 Å². The number of hydrogen-bond donors (Lipinski definition) is 0. The van der Waals surface area contributed by atoms with Crippen molar-refractivity contribution in [1.82, 2.24) is 15.0 Å². The van der Waals surface area contributed by atoms with Gasteiger partial charge >= 0.3 is 0 Å². The SMILES string of the molecule is Cc1csc(Cc2nc(Cl)c(C)c(-c3ccccc3)n2)n1. The van der Waals surface area contributed by atoms with Crippen LogP contribution in [-0.4, -0.2) is 15.0 Å². The molecule has 0 saturated carbocycles. The lowest BCUT2D eigenvalue weighted by Gasteiger charge is -2.08. The Morgan fingerprint density at radius 3 is 2.48 bits per heavy atom. The second kappa shape index (κ2) is 5.92. The second-order valence-electron chi connectivity index (χ2n) is 4.83. The first-order valence-corrected chi connectivity index (χ1v) is 7.88. The van der Waals surface area contributed by atoms with Crippen LogP contribution < -0.4 is 0 Å². The minimum Gasteiger partial charge on any atom is -0.246 e. The monoisotopic (exact) mass is 315 g/mol. The summed E-state index contributed by atoms with van der Waals surface area (Å²) >= 11 is 7.89. The average Bonchev–Trinajstić information content (AvgIpc) is 2.89. The summed E-state index contributed by atoms with van der Waals surface area (Å²) in [4.78, 5) is 13.5. The maximum absolute atomic E-state index is 6.27. The van der Waals surface area contributed by atoms with Crippen LogP contribution in [0.2, 0.25) is 5.15 Å². The van der Waals surface area contributed by atoms with Gasteiger partial charge in [0, 0.05) is 22.2 Å². The molecule has 5 heteroatoms. The molecule has 2 aromatic heterocycles. The molecular weight excluding hydrogens is 302 g/mol. The highest BCUT2D eigenvalue weighted by atomic mass is 35.5. The number of aryl methyl sites for hydroxylation is 1. The van der Waals surface area contributed by atoms with E-state index in [0.29, 0.717) is 17.4 Å². The first-order chi connectivity index (χ1) is 10.1. The first-order valence-electron chi connectivity index (χ1n) is 6.63. The minimum atomic E-state index is 0.507. The molecular formula is C16H14ClN3S. The fourth-order valence-electron chi connectivity index (χ4n) is 2.11. The number of halogens is 1. The summed E-state index contributed by atoms with van der Waals surface area (Å²) < 4.78 is 0. The van der Waals surface area contributed by atoms with Crippen molar-refractivity contribution in [2.24, 2.45) is 0 Å². The number of benzene rings is 1. The summed E-state index contributed by atoms with van der Waals surface area (Å²) in [5, 5.41) is 3.54. The van der Waals surface area contributed by atoms with Gasteiger partial charge in [0.2, 0.25) is 0 Å². The minimum absolute atomic E-state index is 0.507. The number of rotatable bonds is 3. The Morgan fingerprint density at radius 2 is 1.81 bits per heavy atom. The molecule has 0 atom stereocenters. The number of aromatic nitrogens is 3. The summed E-state index contributed by atoms with van der Waals surface area (Å²) in [5.74, 6) is 0.707. The summed E-state index contributed by atoms with van der Waals surface area (Å²) in [5.41, 5.74) is 3.87. The van der Waals surface area contributed by atoms with E-state index in [0.717, 1.165) is 27.5 Å². The van der Waals surface area contributed by atoms with Gasteiger partial charge in [-0.1, -0.05) is 41.9 Å². The van der Waals surface area contributed by atoms with Gasteiger partial charge < -0.3 is 0 Å². The van der Waals surface area contributed by atoms with Gasteiger partial charge in [0.15, 0.2) is 0 Å². The zero-order valence-electron chi connectivity index (χ0n) is 11.8. The van der Waals surface area contributed by atoms with Crippen molar-refractivity contribution in [2.45, 2.75) is 20.3 Å². The molecule has 0 bridgehead atoms. The van der Waals surface area contributed by atoms with Crippen molar-refractivity contribution >= 4 is 22.9 Å². The molecule has 0 radical (unpaired) electrons. The molecule has 3 rings (SSSR count). The van der Waals surface area contributed by atoms with Crippen molar-refractivity contribution in [1.29, 1.82) is 0 Å². The van der Waals surface area contributed by atoms with Crippen molar-refractivity contribution < 1.29 is 0 Å². The molecule has 0 saturated heterocycles. The van der Waals surface area contributed by atoms with Crippen LogP contribution >= 0.6 is 22.9 Å². The third-order valence-electron chi connectivity index (χ3n) is 3.16. The fourth-order valence-corrected chi connectivity index (χ4v) is 3.06. The van der Waals surface area contributed by atoms with E-state index in [1.807, 2.05) is 49.6 Å². The van der Waals surface area contributed by atoms with Crippen LogP contribution in [0.1, 0.15) is 22.1 Å². The van der Waals surface area contributed by atoms with E-state index in [4.69, 9.17) is 11.6 Å². The van der Waals surface area contributed by atoms with Gasteiger partial charge in [0.05, 0.1) is 12.1 Å². The predicted molar refractivity (Wildman–Crippen MR) is 86.9 cm³/mol. The number of hydrogen-bond acceptors (Lipinski definition) is 4. The molecule has 0 N–H and O–H groups in total. The van der Waals surface area contributed by atoms with E-state index >= 15 is 0 Å². The Morgan fingerprint density at radius 1 is 1.05 bits per heavy atom. The van der Waals surface area contributed by atoms with Crippen LogP contribution in [0, 0.1) is 13.8 Å². The highest BCUT2D eigenvalue weighted by molar-refractivity contribution is 7.09. The first kappa shape index (κ1) is 14.2. The van der Waals surface area contributed by atoms with Crippen LogP contribution in [0.3, 0.4) is 0 Å². The number of nitrogens with zero attached hydrogens (tertiary/aromatic N) is 3. The Hall–Kier alpha value is -1.78. The van der Waals surface area contributed by atoms with E-state index in [2.05, 4.69) is 15.0 Å². The topological polar surface area (TPSA) is 38.7 Å². The van der Waals surface area contributed by atoms with Crippen molar-refractivity contribution in [3.05, 3.63) is 63.0 Å². The molecule has 106 valence electrons. The molecule has 3 nitrogen and oxygen atoms in total. The zero-order valence-corrected chi connectivity index (χ0v) is 13.4. The summed E-state index contributed by atoms with van der Waals surface area (Å²) in [7, 11) is 0. The van der Waals surface area contributed by atoms with Crippen molar-refractivity contribution in [3.63, 3.8) is 0 Å². The Balaban J connectivity index is 2.01. The quantitative estimate of drug-likeness (QED) is 0.670. The van der Waals surface area contributed by atoms with E-state index in [1.54, 1.807) is 11.3 Å². The summed E-state index contributed by atoms with van der Waals surface area (Å²) in [6.45, 7) is 3.93. The van der Waals surface area contributed by atoms with E-state index in [-0.39, 0.29) is 0 Å². The molecule has 0 aliphatic rings. The molecule has 0 unspecified atom stereocenters. The molecule has 21 heavy (non-hydrogen) atoms. The fraction of sp³-hybridized carbons (Fsp3) is 0.188. The molecule has 1 aromatic carbocycles. The van der Waals surface area contributed by atoms with Gasteiger partial charge in [-0.3, -0.25) is 0 Å². The van der Waals surface area contributed by atoms with Crippen LogP contribution in [0.15, 0.2) is 35.7 Å². The van der Waals surface area contributed by atoms with Gasteiger partial charge in [-0.25, -0.2) is 15.0 Å². The van der Waals surface area contributed by atoms with Gasteiger partial charge in [-0.05, 0) is 13.8 Å². The van der Waals surface area contributed by atoms with Crippen LogP contribution in [-0.2, 0) is 6.42 Å². The summed E-state index contributed by atoms with van der Waals surface area (Å²) in [6.07, 6.45) is 0.609. The molecule has 3 aromatic rings. The molecule has 0 aliphatic carbocycles. The zero-order chi connectivity index (χ0) is 14.8. The van der Waals surface area contributed by atoms with Crippen LogP contribution in [0.5, 0.6) is 0 Å². The third kappa shape index (κ3) is 3.12. The molecule has 0 amide bonds. The predicted octanol–water partition coefficient (Wildman–Crippen LogP) is 4.46. The molecule has 0 spiro atoms. The lowest BCUT2D eigenvalue weighted by Crippen LogP contribution is -2.01. The van der Waals surface area contributed by atoms with E-state index < -0.39 is 0 Å². The Bertz CT molecular complexity index is 768. The molecule has 2 heterocycles. The maximum atomic E-state index is 6.27. The Labute approximate surface area is 132 Å². The van der Waals surface area contributed by atoms with Crippen molar-refractivity contribution in [2.75, 3.05) is 0 Å². The standard InChI is InChI=1S/C16H14ClN3S/c1-10-9-21-14(18-10)8-13-19-15(11(2)16(17)20-13)12-6-4-3-5-7-12/h3-7,9H,8H2,1-2H3. The number of thiazole rings is 1. The Kier molecular flexibility index (Phi) is 3.99. The third-order valence-corrected chi connectivity index (χ3v) is 4.49. The smallest absolute Gasteiger partial charge is 0.137 e. The van der Waals surface area contributed by atoms with Gasteiger partial charge in [0.25, 0.3) is 0 Å². The van der Waals surface area contributed by atoms with Crippen molar-refractivity contribution in [3.8, 4) is 11.3 Å². The molecule has 0 aliphatic heterocycles. The second-order valence-corrected chi connectivity index (χ2v) is 6.13. The lowest BCUT2D eigenvalue weighted by atomic mass is 10.1.